The van der Waals surface area contributed by atoms with Crippen molar-refractivity contribution in [2.24, 2.45) is 5.10 Å². The molecule has 1 aliphatic rings. The zero-order valence-electron chi connectivity index (χ0n) is 5.09. The standard InChI is InChI=1S/C5H7N3O/c1-4-3-6-8(2)5(9)7-4/h3H,1H2,2H3,(H,7,9). The Balaban J connectivity index is 2.76. The van der Waals surface area contributed by atoms with Gasteiger partial charge in [-0.1, -0.05) is 6.58 Å². The summed E-state index contributed by atoms with van der Waals surface area (Å²) in [5.74, 6) is 0. The third-order valence-corrected chi connectivity index (χ3v) is 0.948. The lowest BCUT2D eigenvalue weighted by atomic mass is 10.5. The van der Waals surface area contributed by atoms with E-state index in [1.165, 1.54) is 11.2 Å². The summed E-state index contributed by atoms with van der Waals surface area (Å²) in [6.07, 6.45) is 1.49. The first-order chi connectivity index (χ1) is 4.20. The lowest BCUT2D eigenvalue weighted by Gasteiger charge is -2.16. The maximum Gasteiger partial charge on any atom is 0.342 e. The van der Waals surface area contributed by atoms with Gasteiger partial charge in [-0.05, 0) is 0 Å². The third kappa shape index (κ3) is 1.07. The molecule has 1 N–H and O–H groups in total. The van der Waals surface area contributed by atoms with Crippen LogP contribution in [0.5, 0.6) is 0 Å². The third-order valence-electron chi connectivity index (χ3n) is 0.948. The van der Waals surface area contributed by atoms with E-state index in [0.29, 0.717) is 5.70 Å². The molecule has 0 aliphatic carbocycles. The summed E-state index contributed by atoms with van der Waals surface area (Å²) < 4.78 is 0. The quantitative estimate of drug-likeness (QED) is 0.491. The second kappa shape index (κ2) is 1.89. The lowest BCUT2D eigenvalue weighted by molar-refractivity contribution is 0.212. The largest absolute Gasteiger partial charge is 0.342 e. The number of hydrogen-bond acceptors (Lipinski definition) is 2. The van der Waals surface area contributed by atoms with Gasteiger partial charge < -0.3 is 5.32 Å². The molecule has 1 aliphatic heterocycles. The predicted molar refractivity (Wildman–Crippen MR) is 33.9 cm³/mol. The minimum atomic E-state index is -0.248. The first kappa shape index (κ1) is 5.81. The predicted octanol–water partition coefficient (Wildman–Crippen LogP) is 0.141. The van der Waals surface area contributed by atoms with E-state index < -0.39 is 0 Å². The summed E-state index contributed by atoms with van der Waals surface area (Å²) in [5.41, 5.74) is 0.526. The van der Waals surface area contributed by atoms with Gasteiger partial charge in [-0.2, -0.15) is 5.10 Å². The van der Waals surface area contributed by atoms with Gasteiger partial charge >= 0.3 is 6.03 Å². The minimum Gasteiger partial charge on any atom is -0.305 e. The van der Waals surface area contributed by atoms with Gasteiger partial charge in [0.05, 0.1) is 11.9 Å². The molecule has 4 heteroatoms. The number of hydrazone groups is 1. The Labute approximate surface area is 52.8 Å². The highest BCUT2D eigenvalue weighted by molar-refractivity contribution is 5.90. The Bertz CT molecular complexity index is 185. The lowest BCUT2D eigenvalue weighted by Crippen LogP contribution is -2.37. The molecule has 2 amide bonds. The molecule has 0 radical (unpaired) electrons. The van der Waals surface area contributed by atoms with E-state index >= 15 is 0 Å². The van der Waals surface area contributed by atoms with E-state index in [-0.39, 0.29) is 6.03 Å². The highest BCUT2D eigenvalue weighted by Crippen LogP contribution is 1.93. The van der Waals surface area contributed by atoms with Crippen LogP contribution in [-0.2, 0) is 0 Å². The molecular formula is C5H7N3O. The summed E-state index contributed by atoms with van der Waals surface area (Å²) in [4.78, 5) is 10.6. The first-order valence-electron chi connectivity index (χ1n) is 2.48. The van der Waals surface area contributed by atoms with Crippen molar-refractivity contribution < 1.29 is 4.79 Å². The van der Waals surface area contributed by atoms with Crippen LogP contribution in [0.25, 0.3) is 0 Å². The molecule has 4 nitrogen and oxygen atoms in total. The van der Waals surface area contributed by atoms with E-state index in [2.05, 4.69) is 17.0 Å². The molecule has 0 saturated heterocycles. The van der Waals surface area contributed by atoms with Gasteiger partial charge in [-0.25, -0.2) is 9.80 Å². The van der Waals surface area contributed by atoms with Gasteiger partial charge in [-0.15, -0.1) is 0 Å². The molecule has 0 fully saturated rings. The summed E-state index contributed by atoms with van der Waals surface area (Å²) >= 11 is 0. The van der Waals surface area contributed by atoms with Gasteiger partial charge in [0, 0.05) is 7.05 Å². The van der Waals surface area contributed by atoms with Crippen LogP contribution in [-0.4, -0.2) is 24.3 Å². The number of nitrogens with zero attached hydrogens (tertiary/aromatic N) is 2. The molecule has 0 aromatic heterocycles. The molecule has 0 spiro atoms. The topological polar surface area (TPSA) is 44.7 Å². The minimum absolute atomic E-state index is 0.248. The van der Waals surface area contributed by atoms with E-state index in [9.17, 15) is 4.79 Å². The van der Waals surface area contributed by atoms with Crippen LogP contribution >= 0.6 is 0 Å². The van der Waals surface area contributed by atoms with E-state index in [1.807, 2.05) is 0 Å². The van der Waals surface area contributed by atoms with Crippen LogP contribution in [0.3, 0.4) is 0 Å². The summed E-state index contributed by atoms with van der Waals surface area (Å²) in [6, 6.07) is -0.248. The van der Waals surface area contributed by atoms with Crippen LogP contribution in [0.2, 0.25) is 0 Å². The average molecular weight is 125 g/mol. The van der Waals surface area contributed by atoms with Crippen molar-refractivity contribution in [1.82, 2.24) is 10.3 Å². The smallest absolute Gasteiger partial charge is 0.305 e. The molecule has 1 heterocycles. The SMILES string of the molecule is C=C1C=NN(C)C(=O)N1. The van der Waals surface area contributed by atoms with Crippen molar-refractivity contribution in [3.63, 3.8) is 0 Å². The second-order valence-electron chi connectivity index (χ2n) is 1.72. The number of amides is 2. The zero-order valence-corrected chi connectivity index (χ0v) is 5.09. The number of rotatable bonds is 0. The zero-order chi connectivity index (χ0) is 6.85. The van der Waals surface area contributed by atoms with Crippen LogP contribution in [0, 0.1) is 0 Å². The van der Waals surface area contributed by atoms with Crippen LogP contribution in [0.15, 0.2) is 17.4 Å². The fourth-order valence-corrected chi connectivity index (χ4v) is 0.459. The number of hydrogen-bond donors (Lipinski definition) is 1. The Morgan fingerprint density at radius 2 is 2.56 bits per heavy atom. The molecule has 48 valence electrons. The normalized spacial score (nSPS) is 18.1. The van der Waals surface area contributed by atoms with Crippen molar-refractivity contribution in [2.45, 2.75) is 0 Å². The Morgan fingerprint density at radius 1 is 1.89 bits per heavy atom. The maximum atomic E-state index is 10.6. The number of carbonyl (C=O) groups excluding carboxylic acids is 1. The number of urea groups is 1. The number of carbonyl (C=O) groups is 1. The first-order valence-corrected chi connectivity index (χ1v) is 2.48. The fourth-order valence-electron chi connectivity index (χ4n) is 0.459. The van der Waals surface area contributed by atoms with Gasteiger partial charge in [0.2, 0.25) is 0 Å². The summed E-state index contributed by atoms with van der Waals surface area (Å²) in [6.45, 7) is 3.49. The monoisotopic (exact) mass is 125 g/mol. The molecule has 0 unspecified atom stereocenters. The maximum absolute atomic E-state index is 10.6. The Hall–Kier alpha value is -1.32. The average Bonchev–Trinajstić information content (AvgIpc) is 1.80. The van der Waals surface area contributed by atoms with Crippen LogP contribution < -0.4 is 5.32 Å². The van der Waals surface area contributed by atoms with Crippen molar-refractivity contribution in [3.05, 3.63) is 12.3 Å². The highest BCUT2D eigenvalue weighted by Gasteiger charge is 2.10. The van der Waals surface area contributed by atoms with E-state index in [1.54, 1.807) is 7.05 Å². The summed E-state index contributed by atoms with van der Waals surface area (Å²) in [7, 11) is 1.57. The van der Waals surface area contributed by atoms with Gasteiger partial charge in [0.15, 0.2) is 0 Å². The molecule has 0 aromatic carbocycles. The molecule has 1 rings (SSSR count). The van der Waals surface area contributed by atoms with Crippen molar-refractivity contribution in [2.75, 3.05) is 7.05 Å². The fraction of sp³-hybridized carbons (Fsp3) is 0.200. The molecule has 0 aromatic rings. The van der Waals surface area contributed by atoms with Gasteiger partial charge in [0.25, 0.3) is 0 Å². The van der Waals surface area contributed by atoms with Crippen LogP contribution in [0.4, 0.5) is 4.79 Å². The molecule has 0 atom stereocenters. The van der Waals surface area contributed by atoms with E-state index in [4.69, 9.17) is 0 Å². The highest BCUT2D eigenvalue weighted by atomic mass is 16.2. The summed E-state index contributed by atoms with van der Waals surface area (Å²) in [5, 5.41) is 7.36. The van der Waals surface area contributed by atoms with E-state index in [0.717, 1.165) is 0 Å². The number of nitrogens with one attached hydrogen (secondary N) is 1. The van der Waals surface area contributed by atoms with Gasteiger partial charge in [-0.3, -0.25) is 0 Å². The van der Waals surface area contributed by atoms with Crippen molar-refractivity contribution >= 4 is 12.2 Å². The number of allylic oxidation sites excluding steroid dienone is 1. The molecule has 0 bridgehead atoms. The van der Waals surface area contributed by atoms with Crippen molar-refractivity contribution in [3.8, 4) is 0 Å². The molecular weight excluding hydrogens is 118 g/mol. The second-order valence-corrected chi connectivity index (χ2v) is 1.72. The van der Waals surface area contributed by atoms with Crippen molar-refractivity contribution in [1.29, 1.82) is 0 Å². The van der Waals surface area contributed by atoms with Crippen LogP contribution in [0.1, 0.15) is 0 Å². The molecule has 0 saturated carbocycles. The molecule has 9 heavy (non-hydrogen) atoms. The van der Waals surface area contributed by atoms with Gasteiger partial charge in [0.1, 0.15) is 0 Å². The Morgan fingerprint density at radius 3 is 3.00 bits per heavy atom. The Kier molecular flexibility index (Phi) is 1.22.